The maximum Gasteiger partial charge on any atom is 0.148 e. The SMILES string of the molecule is C#CCOc1ccc(Cl)cc1I. The second-order valence-corrected chi connectivity index (χ2v) is 3.67. The van der Waals surface area contributed by atoms with Gasteiger partial charge in [0.25, 0.3) is 0 Å². The first kappa shape index (κ1) is 9.69. The maximum atomic E-state index is 5.75. The van der Waals surface area contributed by atoms with Gasteiger partial charge in [-0.2, -0.15) is 0 Å². The number of hydrogen-bond donors (Lipinski definition) is 0. The standard InChI is InChI=1S/C9H6ClIO/c1-2-5-12-9-4-3-7(10)6-8(9)11/h1,3-4,6H,5H2. The minimum atomic E-state index is 0.289. The van der Waals surface area contributed by atoms with Gasteiger partial charge in [0.15, 0.2) is 0 Å². The molecule has 0 atom stereocenters. The van der Waals surface area contributed by atoms with E-state index in [0.29, 0.717) is 5.02 Å². The molecule has 1 aromatic carbocycles. The van der Waals surface area contributed by atoms with Crippen LogP contribution in [0.2, 0.25) is 5.02 Å². The van der Waals surface area contributed by atoms with E-state index in [1.165, 1.54) is 0 Å². The van der Waals surface area contributed by atoms with Gasteiger partial charge in [0.05, 0.1) is 3.57 Å². The lowest BCUT2D eigenvalue weighted by atomic mass is 10.3. The maximum absolute atomic E-state index is 5.75. The number of hydrogen-bond acceptors (Lipinski definition) is 1. The Labute approximate surface area is 90.2 Å². The lowest BCUT2D eigenvalue weighted by Gasteiger charge is -2.04. The van der Waals surface area contributed by atoms with E-state index in [1.54, 1.807) is 12.1 Å². The summed E-state index contributed by atoms with van der Waals surface area (Å²) in [5, 5.41) is 0.701. The molecular formula is C9H6ClIO. The van der Waals surface area contributed by atoms with Gasteiger partial charge in [-0.05, 0) is 40.8 Å². The summed E-state index contributed by atoms with van der Waals surface area (Å²) in [6, 6.07) is 5.41. The van der Waals surface area contributed by atoms with Gasteiger partial charge >= 0.3 is 0 Å². The van der Waals surface area contributed by atoms with E-state index in [9.17, 15) is 0 Å². The molecule has 0 aliphatic heterocycles. The summed E-state index contributed by atoms with van der Waals surface area (Å²) in [5.74, 6) is 3.18. The van der Waals surface area contributed by atoms with E-state index in [0.717, 1.165) is 9.32 Å². The van der Waals surface area contributed by atoms with Gasteiger partial charge < -0.3 is 4.74 Å². The molecule has 0 N–H and O–H groups in total. The Morgan fingerprint density at radius 1 is 1.58 bits per heavy atom. The van der Waals surface area contributed by atoms with Gasteiger partial charge in [0.2, 0.25) is 0 Å². The quantitative estimate of drug-likeness (QED) is 0.601. The molecule has 1 aromatic rings. The average Bonchev–Trinajstić information content (AvgIpc) is 2.03. The minimum Gasteiger partial charge on any atom is -0.480 e. The summed E-state index contributed by atoms with van der Waals surface area (Å²) in [7, 11) is 0. The molecule has 12 heavy (non-hydrogen) atoms. The van der Waals surface area contributed by atoms with Crippen LogP contribution >= 0.6 is 34.2 Å². The van der Waals surface area contributed by atoms with Crippen molar-refractivity contribution in [3.63, 3.8) is 0 Å². The highest BCUT2D eigenvalue weighted by atomic mass is 127. The Kier molecular flexibility index (Phi) is 3.70. The van der Waals surface area contributed by atoms with Crippen molar-refractivity contribution in [2.24, 2.45) is 0 Å². The van der Waals surface area contributed by atoms with E-state index < -0.39 is 0 Å². The lowest BCUT2D eigenvalue weighted by Crippen LogP contribution is -1.94. The lowest BCUT2D eigenvalue weighted by molar-refractivity contribution is 0.368. The van der Waals surface area contributed by atoms with Gasteiger partial charge in [0.1, 0.15) is 12.4 Å². The number of rotatable bonds is 2. The molecule has 0 saturated carbocycles. The molecule has 0 bridgehead atoms. The van der Waals surface area contributed by atoms with Gasteiger partial charge in [-0.3, -0.25) is 0 Å². The molecular weight excluding hydrogens is 286 g/mol. The molecule has 0 fully saturated rings. The highest BCUT2D eigenvalue weighted by molar-refractivity contribution is 14.1. The van der Waals surface area contributed by atoms with Crippen molar-refractivity contribution in [2.75, 3.05) is 6.61 Å². The van der Waals surface area contributed by atoms with Crippen LogP contribution in [-0.2, 0) is 0 Å². The number of benzene rings is 1. The third-order valence-corrected chi connectivity index (χ3v) is 2.28. The zero-order valence-corrected chi connectivity index (χ0v) is 9.09. The van der Waals surface area contributed by atoms with Crippen LogP contribution in [0, 0.1) is 15.9 Å². The van der Waals surface area contributed by atoms with Crippen LogP contribution in [0.15, 0.2) is 18.2 Å². The summed E-state index contributed by atoms with van der Waals surface area (Å²) >= 11 is 7.90. The number of halogens is 2. The molecule has 62 valence electrons. The van der Waals surface area contributed by atoms with Crippen LogP contribution < -0.4 is 4.74 Å². The molecule has 0 amide bonds. The predicted octanol–water partition coefficient (Wildman–Crippen LogP) is 2.96. The van der Waals surface area contributed by atoms with Crippen LogP contribution in [0.4, 0.5) is 0 Å². The summed E-state index contributed by atoms with van der Waals surface area (Å²) in [4.78, 5) is 0. The average molecular weight is 293 g/mol. The second-order valence-electron chi connectivity index (χ2n) is 2.07. The first-order valence-corrected chi connectivity index (χ1v) is 4.71. The van der Waals surface area contributed by atoms with E-state index in [-0.39, 0.29) is 6.61 Å². The fourth-order valence-corrected chi connectivity index (χ4v) is 1.74. The van der Waals surface area contributed by atoms with E-state index in [2.05, 4.69) is 28.5 Å². The fraction of sp³-hybridized carbons (Fsp3) is 0.111. The molecule has 0 aliphatic rings. The summed E-state index contributed by atoms with van der Waals surface area (Å²) in [6.07, 6.45) is 5.05. The van der Waals surface area contributed by atoms with Crippen molar-refractivity contribution in [3.05, 3.63) is 26.8 Å². The van der Waals surface area contributed by atoms with Crippen molar-refractivity contribution in [1.29, 1.82) is 0 Å². The molecule has 3 heteroatoms. The van der Waals surface area contributed by atoms with Crippen LogP contribution in [0.25, 0.3) is 0 Å². The van der Waals surface area contributed by atoms with Crippen LogP contribution in [0.5, 0.6) is 5.75 Å². The molecule has 0 aliphatic carbocycles. The monoisotopic (exact) mass is 292 g/mol. The van der Waals surface area contributed by atoms with Gasteiger partial charge in [-0.1, -0.05) is 17.5 Å². The Morgan fingerprint density at radius 2 is 2.33 bits per heavy atom. The van der Waals surface area contributed by atoms with Crippen molar-refractivity contribution in [2.45, 2.75) is 0 Å². The fourth-order valence-electron chi connectivity index (χ4n) is 0.712. The first-order chi connectivity index (χ1) is 5.74. The topological polar surface area (TPSA) is 9.23 Å². The van der Waals surface area contributed by atoms with E-state index >= 15 is 0 Å². The van der Waals surface area contributed by atoms with Crippen molar-refractivity contribution >= 4 is 34.2 Å². The van der Waals surface area contributed by atoms with Crippen molar-refractivity contribution in [1.82, 2.24) is 0 Å². The zero-order chi connectivity index (χ0) is 8.97. The molecule has 0 unspecified atom stereocenters. The van der Waals surface area contributed by atoms with Gasteiger partial charge in [-0.25, -0.2) is 0 Å². The largest absolute Gasteiger partial charge is 0.480 e. The molecule has 0 aromatic heterocycles. The van der Waals surface area contributed by atoms with Gasteiger partial charge in [0, 0.05) is 5.02 Å². The number of ether oxygens (including phenoxy) is 1. The summed E-state index contributed by atoms with van der Waals surface area (Å²) in [5.41, 5.74) is 0. The third kappa shape index (κ3) is 2.58. The van der Waals surface area contributed by atoms with Crippen molar-refractivity contribution in [3.8, 4) is 18.1 Å². The van der Waals surface area contributed by atoms with E-state index in [4.69, 9.17) is 22.8 Å². The predicted molar refractivity (Wildman–Crippen MR) is 58.5 cm³/mol. The molecule has 0 spiro atoms. The normalized spacial score (nSPS) is 9.08. The third-order valence-electron chi connectivity index (χ3n) is 1.20. The Hall–Kier alpha value is -0.400. The van der Waals surface area contributed by atoms with Crippen LogP contribution in [-0.4, -0.2) is 6.61 Å². The minimum absolute atomic E-state index is 0.289. The molecule has 0 heterocycles. The highest BCUT2D eigenvalue weighted by Crippen LogP contribution is 2.23. The molecule has 0 saturated heterocycles. The van der Waals surface area contributed by atoms with Crippen LogP contribution in [0.3, 0.4) is 0 Å². The smallest absolute Gasteiger partial charge is 0.148 e. The Bertz CT molecular complexity index is 317. The Balaban J connectivity index is 2.81. The Morgan fingerprint density at radius 3 is 2.92 bits per heavy atom. The van der Waals surface area contributed by atoms with Crippen LogP contribution in [0.1, 0.15) is 0 Å². The van der Waals surface area contributed by atoms with Gasteiger partial charge in [-0.15, -0.1) is 6.42 Å². The highest BCUT2D eigenvalue weighted by Gasteiger charge is 1.99. The van der Waals surface area contributed by atoms with E-state index in [1.807, 2.05) is 6.07 Å². The first-order valence-electron chi connectivity index (χ1n) is 3.25. The molecule has 1 nitrogen and oxygen atoms in total. The second kappa shape index (κ2) is 4.58. The number of terminal acetylenes is 1. The molecule has 0 radical (unpaired) electrons. The molecule has 1 rings (SSSR count). The zero-order valence-electron chi connectivity index (χ0n) is 6.18. The van der Waals surface area contributed by atoms with Crippen molar-refractivity contribution < 1.29 is 4.74 Å². The summed E-state index contributed by atoms with van der Waals surface area (Å²) in [6.45, 7) is 0.289. The summed E-state index contributed by atoms with van der Waals surface area (Å²) < 4.78 is 6.21.